The van der Waals surface area contributed by atoms with E-state index in [4.69, 9.17) is 5.73 Å². The van der Waals surface area contributed by atoms with Crippen LogP contribution in [0.2, 0.25) is 0 Å². The summed E-state index contributed by atoms with van der Waals surface area (Å²) in [6, 6.07) is 0. The molecule has 0 atom stereocenters. The minimum absolute atomic E-state index is 0.0420. The van der Waals surface area contributed by atoms with Crippen LogP contribution in [0.4, 0.5) is 0 Å². The Morgan fingerprint density at radius 1 is 1.36 bits per heavy atom. The lowest BCUT2D eigenvalue weighted by Gasteiger charge is -2.24. The standard InChI is InChI=1S/C10H17N3O/c11-6-2-5-8-9(7-3-1-4-7)12-13-10(8)14/h7H,1-6,11H2,(H2,12,13,14). The highest BCUT2D eigenvalue weighted by Crippen LogP contribution is 2.36. The van der Waals surface area contributed by atoms with Gasteiger partial charge in [-0.1, -0.05) is 6.42 Å². The van der Waals surface area contributed by atoms with Gasteiger partial charge in [0.15, 0.2) is 0 Å². The highest BCUT2D eigenvalue weighted by atomic mass is 16.1. The maximum absolute atomic E-state index is 11.5. The number of aromatic amines is 2. The number of hydrogen-bond acceptors (Lipinski definition) is 2. The SMILES string of the molecule is NCCCc1c(C2CCC2)[nH][nH]c1=O. The molecule has 0 bridgehead atoms. The molecular weight excluding hydrogens is 178 g/mol. The molecule has 0 aliphatic heterocycles. The molecule has 1 saturated carbocycles. The van der Waals surface area contributed by atoms with E-state index in [2.05, 4.69) is 10.2 Å². The summed E-state index contributed by atoms with van der Waals surface area (Å²) in [6.45, 7) is 0.648. The third-order valence-corrected chi connectivity index (χ3v) is 3.05. The lowest BCUT2D eigenvalue weighted by atomic mass is 9.81. The van der Waals surface area contributed by atoms with Gasteiger partial charge in [0, 0.05) is 17.2 Å². The molecule has 0 amide bonds. The van der Waals surface area contributed by atoms with Gasteiger partial charge in [0.25, 0.3) is 5.56 Å². The fourth-order valence-electron chi connectivity index (χ4n) is 1.97. The monoisotopic (exact) mass is 195 g/mol. The minimum atomic E-state index is 0.0420. The fourth-order valence-corrected chi connectivity index (χ4v) is 1.97. The van der Waals surface area contributed by atoms with Crippen LogP contribution < -0.4 is 11.3 Å². The van der Waals surface area contributed by atoms with Gasteiger partial charge in [-0.3, -0.25) is 9.89 Å². The van der Waals surface area contributed by atoms with Crippen LogP contribution in [0.3, 0.4) is 0 Å². The zero-order valence-corrected chi connectivity index (χ0v) is 8.31. The normalized spacial score (nSPS) is 16.9. The van der Waals surface area contributed by atoms with Crippen LogP contribution in [0.15, 0.2) is 4.79 Å². The Morgan fingerprint density at radius 3 is 2.71 bits per heavy atom. The van der Waals surface area contributed by atoms with Crippen molar-refractivity contribution in [2.45, 2.75) is 38.0 Å². The predicted molar refractivity (Wildman–Crippen MR) is 55.4 cm³/mol. The summed E-state index contributed by atoms with van der Waals surface area (Å²) >= 11 is 0. The third-order valence-electron chi connectivity index (χ3n) is 3.05. The quantitative estimate of drug-likeness (QED) is 0.666. The van der Waals surface area contributed by atoms with E-state index in [1.165, 1.54) is 19.3 Å². The van der Waals surface area contributed by atoms with Gasteiger partial charge < -0.3 is 10.8 Å². The first-order valence-corrected chi connectivity index (χ1v) is 5.32. The maximum Gasteiger partial charge on any atom is 0.267 e. The molecule has 1 heterocycles. The molecule has 1 aromatic heterocycles. The number of nitrogens with two attached hydrogens (primary N) is 1. The highest BCUT2D eigenvalue weighted by molar-refractivity contribution is 5.22. The number of H-pyrrole nitrogens is 2. The second-order valence-electron chi connectivity index (χ2n) is 3.99. The molecule has 4 nitrogen and oxygen atoms in total. The van der Waals surface area contributed by atoms with Crippen molar-refractivity contribution in [3.05, 3.63) is 21.6 Å². The van der Waals surface area contributed by atoms with Crippen molar-refractivity contribution in [1.82, 2.24) is 10.2 Å². The number of rotatable bonds is 4. The van der Waals surface area contributed by atoms with E-state index in [9.17, 15) is 4.79 Å². The Balaban J connectivity index is 2.17. The third kappa shape index (κ3) is 1.62. The molecule has 0 unspecified atom stereocenters. The van der Waals surface area contributed by atoms with Crippen LogP contribution in [0.5, 0.6) is 0 Å². The molecular formula is C10H17N3O. The van der Waals surface area contributed by atoms with Crippen molar-refractivity contribution in [1.29, 1.82) is 0 Å². The van der Waals surface area contributed by atoms with Gasteiger partial charge >= 0.3 is 0 Å². The highest BCUT2D eigenvalue weighted by Gasteiger charge is 2.24. The molecule has 0 spiro atoms. The Kier molecular flexibility index (Phi) is 2.72. The van der Waals surface area contributed by atoms with Gasteiger partial charge in [-0.25, -0.2) is 0 Å². The van der Waals surface area contributed by atoms with Crippen LogP contribution in [0, 0.1) is 0 Å². The molecule has 1 aliphatic rings. The fraction of sp³-hybridized carbons (Fsp3) is 0.700. The van der Waals surface area contributed by atoms with Crippen LogP contribution in [-0.4, -0.2) is 16.7 Å². The minimum Gasteiger partial charge on any atom is -0.330 e. The molecule has 1 aromatic rings. The Hall–Kier alpha value is -1.03. The summed E-state index contributed by atoms with van der Waals surface area (Å²) in [5.74, 6) is 0.585. The van der Waals surface area contributed by atoms with Crippen LogP contribution in [0.25, 0.3) is 0 Å². The van der Waals surface area contributed by atoms with E-state index >= 15 is 0 Å². The zero-order valence-electron chi connectivity index (χ0n) is 8.31. The predicted octanol–water partition coefficient (Wildman–Crippen LogP) is 0.862. The summed E-state index contributed by atoms with van der Waals surface area (Å²) in [5.41, 5.74) is 7.55. The van der Waals surface area contributed by atoms with Gasteiger partial charge in [0.2, 0.25) is 0 Å². The topological polar surface area (TPSA) is 74.7 Å². The Labute approximate surface area is 82.9 Å². The summed E-state index contributed by atoms with van der Waals surface area (Å²) in [5, 5.41) is 5.68. The van der Waals surface area contributed by atoms with Gasteiger partial charge in [-0.15, -0.1) is 0 Å². The first-order valence-electron chi connectivity index (χ1n) is 5.32. The Morgan fingerprint density at radius 2 is 2.14 bits per heavy atom. The average Bonchev–Trinajstić information content (AvgIpc) is 2.42. The number of nitrogens with one attached hydrogen (secondary N) is 2. The molecule has 1 fully saturated rings. The van der Waals surface area contributed by atoms with Gasteiger partial charge in [-0.2, -0.15) is 0 Å². The molecule has 14 heavy (non-hydrogen) atoms. The largest absolute Gasteiger partial charge is 0.330 e. The van der Waals surface area contributed by atoms with E-state index in [-0.39, 0.29) is 5.56 Å². The molecule has 1 aliphatic carbocycles. The number of hydrogen-bond donors (Lipinski definition) is 3. The molecule has 78 valence electrons. The number of aromatic nitrogens is 2. The van der Waals surface area contributed by atoms with Crippen molar-refractivity contribution in [2.24, 2.45) is 5.73 Å². The molecule has 4 heteroatoms. The first kappa shape index (κ1) is 9.52. The van der Waals surface area contributed by atoms with Crippen molar-refractivity contribution in [3.8, 4) is 0 Å². The van der Waals surface area contributed by atoms with Crippen LogP contribution in [0.1, 0.15) is 42.9 Å². The summed E-state index contributed by atoms with van der Waals surface area (Å²) in [4.78, 5) is 11.5. The van der Waals surface area contributed by atoms with Crippen LogP contribution in [-0.2, 0) is 6.42 Å². The van der Waals surface area contributed by atoms with Gasteiger partial charge in [0.1, 0.15) is 0 Å². The summed E-state index contributed by atoms with van der Waals surface area (Å²) in [7, 11) is 0. The molecule has 2 rings (SSSR count). The lowest BCUT2D eigenvalue weighted by molar-refractivity contribution is 0.408. The van der Waals surface area contributed by atoms with E-state index < -0.39 is 0 Å². The van der Waals surface area contributed by atoms with Crippen molar-refractivity contribution < 1.29 is 0 Å². The van der Waals surface area contributed by atoms with E-state index in [1.54, 1.807) is 0 Å². The van der Waals surface area contributed by atoms with E-state index in [1.807, 2.05) is 0 Å². The van der Waals surface area contributed by atoms with Gasteiger partial charge in [-0.05, 0) is 32.2 Å². The van der Waals surface area contributed by atoms with Crippen molar-refractivity contribution in [2.75, 3.05) is 6.54 Å². The molecule has 0 radical (unpaired) electrons. The second kappa shape index (κ2) is 4.00. The first-order chi connectivity index (χ1) is 6.83. The molecule has 0 aromatic carbocycles. The average molecular weight is 195 g/mol. The molecule has 0 saturated heterocycles. The summed E-state index contributed by atoms with van der Waals surface area (Å²) in [6.07, 6.45) is 5.41. The second-order valence-corrected chi connectivity index (χ2v) is 3.99. The van der Waals surface area contributed by atoms with Gasteiger partial charge in [0.05, 0.1) is 0 Å². The Bertz CT molecular complexity index is 348. The zero-order chi connectivity index (χ0) is 9.97. The van der Waals surface area contributed by atoms with E-state index in [0.29, 0.717) is 12.5 Å². The summed E-state index contributed by atoms with van der Waals surface area (Å²) < 4.78 is 0. The molecule has 4 N–H and O–H groups in total. The van der Waals surface area contributed by atoms with Crippen molar-refractivity contribution >= 4 is 0 Å². The lowest BCUT2D eigenvalue weighted by Crippen LogP contribution is -2.15. The van der Waals surface area contributed by atoms with E-state index in [0.717, 1.165) is 24.1 Å². The van der Waals surface area contributed by atoms with Crippen LogP contribution >= 0.6 is 0 Å². The maximum atomic E-state index is 11.5. The van der Waals surface area contributed by atoms with Crippen molar-refractivity contribution in [3.63, 3.8) is 0 Å². The smallest absolute Gasteiger partial charge is 0.267 e.